The van der Waals surface area contributed by atoms with Gasteiger partial charge in [-0.25, -0.2) is 0 Å². The Balaban J connectivity index is 0. The molecule has 0 aromatic carbocycles. The molecule has 0 saturated carbocycles. The van der Waals surface area contributed by atoms with E-state index in [0.717, 1.165) is 0 Å². The third kappa shape index (κ3) is 10.5. The van der Waals surface area contributed by atoms with Crippen molar-refractivity contribution >= 4 is 7.35 Å². The number of hydroxylamine groups is 4. The summed E-state index contributed by atoms with van der Waals surface area (Å²) in [5.74, 6) is 0. The Bertz CT molecular complexity index is 89.7. The van der Waals surface area contributed by atoms with Crippen molar-refractivity contribution in [2.24, 2.45) is 0 Å². The summed E-state index contributed by atoms with van der Waals surface area (Å²) in [4.78, 5) is -0.944. The molecule has 60 valence electrons. The van der Waals surface area contributed by atoms with Crippen molar-refractivity contribution < 1.29 is 25.0 Å². The maximum absolute atomic E-state index is 8.59. The van der Waals surface area contributed by atoms with E-state index >= 15 is 0 Å². The second kappa shape index (κ2) is 5.34. The zero-order valence-electron chi connectivity index (χ0n) is 6.31. The van der Waals surface area contributed by atoms with E-state index in [1.165, 1.54) is 7.05 Å². The summed E-state index contributed by atoms with van der Waals surface area (Å²) in [6.45, 7) is 3.44. The van der Waals surface area contributed by atoms with Crippen LogP contribution in [0.3, 0.4) is 0 Å². The van der Waals surface area contributed by atoms with Crippen LogP contribution in [0.15, 0.2) is 0 Å². The van der Waals surface area contributed by atoms with Crippen molar-refractivity contribution in [1.29, 1.82) is 0 Å². The van der Waals surface area contributed by atoms with E-state index in [-0.39, 0.29) is 6.04 Å². The van der Waals surface area contributed by atoms with Gasteiger partial charge in [-0.05, 0) is 18.7 Å². The van der Waals surface area contributed by atoms with Crippen molar-refractivity contribution in [2.75, 3.05) is 7.05 Å². The molecule has 10 heavy (non-hydrogen) atoms. The zero-order valence-corrected chi connectivity index (χ0v) is 6.31. The molecule has 0 radical (unpaired) electrons. The molecule has 0 amide bonds. The molecule has 5 nitrogen and oxygen atoms in total. The van der Waals surface area contributed by atoms with E-state index < -0.39 is 12.2 Å². The van der Waals surface area contributed by atoms with E-state index in [2.05, 4.69) is 0 Å². The molecule has 0 aliphatic rings. The molecule has 0 bridgehead atoms. The summed E-state index contributed by atoms with van der Waals surface area (Å²) in [5, 5.41) is 25.4. The first-order chi connectivity index (χ1) is 4.36. The monoisotopic (exact) mass is 149 g/mol. The molecule has 0 heterocycles. The van der Waals surface area contributed by atoms with Crippen LogP contribution >= 0.6 is 0 Å². The van der Waals surface area contributed by atoms with Crippen molar-refractivity contribution in [3.8, 4) is 0 Å². The van der Waals surface area contributed by atoms with E-state index in [1.54, 1.807) is 13.8 Å². The molecule has 0 aromatic heterocycles. The molecule has 0 atom stereocenters. The molecule has 0 aromatic rings. The Morgan fingerprint density at radius 3 is 1.60 bits per heavy atom. The van der Waals surface area contributed by atoms with Gasteiger partial charge >= 0.3 is 17.1 Å². The van der Waals surface area contributed by atoms with Gasteiger partial charge in [-0.2, -0.15) is 10.4 Å². The van der Waals surface area contributed by atoms with Gasteiger partial charge in [0.2, 0.25) is 0 Å². The van der Waals surface area contributed by atoms with Crippen LogP contribution in [-0.2, 0) is 4.70 Å². The first-order valence-electron chi connectivity index (χ1n) is 2.73. The van der Waals surface area contributed by atoms with E-state index in [1.807, 2.05) is 0 Å². The average molecular weight is 149 g/mol. The fraction of sp³-hybridized carbons (Fsp3) is 1.00. The van der Waals surface area contributed by atoms with Crippen LogP contribution in [0.25, 0.3) is 0 Å². The third-order valence-corrected chi connectivity index (χ3v) is 0.978. The second-order valence-electron chi connectivity index (χ2n) is 2.17. The van der Waals surface area contributed by atoms with Gasteiger partial charge in [0.25, 0.3) is 0 Å². The van der Waals surface area contributed by atoms with Gasteiger partial charge in [-0.1, -0.05) is 0 Å². The molecule has 6 heteroatoms. The van der Waals surface area contributed by atoms with Crippen LogP contribution in [0.5, 0.6) is 0 Å². The number of hydrogen-bond donors (Lipinski definition) is 2. The Hall–Kier alpha value is -0.455. The van der Waals surface area contributed by atoms with Crippen LogP contribution in [-0.4, -0.2) is 35.7 Å². The third-order valence-electron chi connectivity index (χ3n) is 0.978. The Morgan fingerprint density at radius 1 is 1.50 bits per heavy atom. The fourth-order valence-electron chi connectivity index (χ4n) is 0. The minimum atomic E-state index is -0.944. The van der Waals surface area contributed by atoms with Crippen molar-refractivity contribution in [3.63, 3.8) is 0 Å². The summed E-state index contributed by atoms with van der Waals surface area (Å²) in [5.41, 5.74) is 0. The van der Waals surface area contributed by atoms with E-state index in [9.17, 15) is 0 Å². The molecule has 0 aliphatic carbocycles. The van der Waals surface area contributed by atoms with Gasteiger partial charge in [-0.15, -0.1) is 0 Å². The molecule has 0 saturated heterocycles. The molecule has 0 rings (SSSR count). The van der Waals surface area contributed by atoms with Crippen LogP contribution in [0.2, 0.25) is 0 Å². The molecule has 0 aliphatic heterocycles. The molecule has 0 unspecified atom stereocenters. The van der Waals surface area contributed by atoms with Gasteiger partial charge in [-0.3, -0.25) is 0 Å². The summed E-state index contributed by atoms with van der Waals surface area (Å²) in [7, 11) is 0.810. The van der Waals surface area contributed by atoms with Gasteiger partial charge in [0, 0.05) is 0 Å². The normalized spacial score (nSPS) is 9.80. The van der Waals surface area contributed by atoms with E-state index in [0.29, 0.717) is 0 Å². The summed E-state index contributed by atoms with van der Waals surface area (Å²) in [6.07, 6.45) is 0. The van der Waals surface area contributed by atoms with Crippen LogP contribution < -0.4 is 5.02 Å². The first-order valence-corrected chi connectivity index (χ1v) is 2.73. The number of quaternary nitrogens is 1. The van der Waals surface area contributed by atoms with Crippen LogP contribution in [0, 0.1) is 0 Å². The molecular weight excluding hydrogens is 137 g/mol. The molecule has 2 N–H and O–H groups in total. The molecular formula is C4H12BNO4. The zero-order chi connectivity index (χ0) is 8.78. The van der Waals surface area contributed by atoms with Crippen LogP contribution in [0.1, 0.15) is 13.8 Å². The predicted octanol–water partition coefficient (Wildman–Crippen LogP) is -1.07. The SMILES string of the molecule is CC(C)[N+](C)(O)O.O=B[O-]. The summed E-state index contributed by atoms with van der Waals surface area (Å²) >= 11 is 0. The Labute approximate surface area is 60.3 Å². The summed E-state index contributed by atoms with van der Waals surface area (Å²) < 4.78 is 8.25. The van der Waals surface area contributed by atoms with Gasteiger partial charge in [0.05, 0.1) is 0 Å². The predicted molar refractivity (Wildman–Crippen MR) is 31.3 cm³/mol. The van der Waals surface area contributed by atoms with Gasteiger partial charge in [0.1, 0.15) is 13.1 Å². The molecule has 0 spiro atoms. The first kappa shape index (κ1) is 12.2. The Kier molecular flexibility index (Phi) is 6.54. The number of rotatable bonds is 1. The van der Waals surface area contributed by atoms with Crippen molar-refractivity contribution in [2.45, 2.75) is 19.9 Å². The van der Waals surface area contributed by atoms with Crippen molar-refractivity contribution in [1.82, 2.24) is 0 Å². The number of hydrogen-bond acceptors (Lipinski definition) is 4. The van der Waals surface area contributed by atoms with Gasteiger partial charge in [0.15, 0.2) is 0 Å². The van der Waals surface area contributed by atoms with Crippen molar-refractivity contribution in [3.05, 3.63) is 0 Å². The quantitative estimate of drug-likeness (QED) is 0.282. The molecule has 0 fully saturated rings. The fourth-order valence-corrected chi connectivity index (χ4v) is 0. The van der Waals surface area contributed by atoms with E-state index in [4.69, 9.17) is 20.1 Å². The second-order valence-corrected chi connectivity index (χ2v) is 2.17. The Morgan fingerprint density at radius 2 is 1.60 bits per heavy atom. The van der Waals surface area contributed by atoms with Crippen LogP contribution in [0.4, 0.5) is 0 Å². The average Bonchev–Trinajstić information content (AvgIpc) is 1.64. The number of nitrogens with zero attached hydrogens (tertiary/aromatic N) is 1. The minimum absolute atomic E-state index is 0.153. The topological polar surface area (TPSA) is 80.6 Å². The standard InChI is InChI=1S/C4H12NO2.BO2/c1-4(2)5(3,6)7;2-1-3/h4,6-7H,1-3H3;/q+1;-1. The summed E-state index contributed by atoms with van der Waals surface area (Å²) in [6, 6.07) is -0.153. The maximum atomic E-state index is 8.59. The van der Waals surface area contributed by atoms with Gasteiger partial charge < -0.3 is 0 Å².